The van der Waals surface area contributed by atoms with Gasteiger partial charge in [-0.25, -0.2) is 0 Å². The van der Waals surface area contributed by atoms with Crippen LogP contribution >= 0.6 is 0 Å². The van der Waals surface area contributed by atoms with E-state index in [1.165, 1.54) is 0 Å². The van der Waals surface area contributed by atoms with E-state index in [-0.39, 0.29) is 23.5 Å². The zero-order valence-electron chi connectivity index (χ0n) is 21.1. The van der Waals surface area contributed by atoms with Crippen LogP contribution in [0.1, 0.15) is 52.3 Å². The van der Waals surface area contributed by atoms with Gasteiger partial charge in [-0.15, -0.1) is 0 Å². The normalized spacial score (nSPS) is 19.7. The van der Waals surface area contributed by atoms with E-state index >= 15 is 0 Å². The van der Waals surface area contributed by atoms with Crippen molar-refractivity contribution in [3.05, 3.63) is 102 Å². The molecule has 4 nitrogen and oxygen atoms in total. The van der Waals surface area contributed by atoms with Crippen molar-refractivity contribution in [1.82, 2.24) is 0 Å². The van der Waals surface area contributed by atoms with Crippen LogP contribution in [0.25, 0.3) is 0 Å². The van der Waals surface area contributed by atoms with Crippen LogP contribution < -0.4 is 14.5 Å². The van der Waals surface area contributed by atoms with Crippen LogP contribution in [0.2, 0.25) is 0 Å². The first kappa shape index (κ1) is 23.2. The summed E-state index contributed by atoms with van der Waals surface area (Å²) < 4.78 is 5.93. The average Bonchev–Trinajstić information content (AvgIpc) is 2.84. The molecule has 1 aliphatic carbocycles. The third kappa shape index (κ3) is 4.70. The molecule has 0 amide bonds. The number of ether oxygens (including phenoxy) is 1. The van der Waals surface area contributed by atoms with Gasteiger partial charge >= 0.3 is 0 Å². The molecular weight excluding hydrogens is 432 g/mol. The molecule has 1 atom stereocenters. The smallest absolute Gasteiger partial charge is 0.162 e. The Bertz CT molecular complexity index is 1210. The first-order chi connectivity index (χ1) is 16.8. The molecule has 0 aromatic heterocycles. The Morgan fingerprint density at radius 2 is 1.43 bits per heavy atom. The van der Waals surface area contributed by atoms with Gasteiger partial charge in [0.15, 0.2) is 5.78 Å². The van der Waals surface area contributed by atoms with Crippen LogP contribution in [-0.4, -0.2) is 18.4 Å². The summed E-state index contributed by atoms with van der Waals surface area (Å²) in [5.41, 5.74) is 5.38. The van der Waals surface area contributed by atoms with Crippen molar-refractivity contribution in [2.75, 3.05) is 16.3 Å². The van der Waals surface area contributed by atoms with Gasteiger partial charge in [0.1, 0.15) is 11.9 Å². The third-order valence-electron chi connectivity index (χ3n) is 6.80. The molecule has 5 rings (SSSR count). The molecule has 4 heteroatoms. The zero-order valence-corrected chi connectivity index (χ0v) is 21.1. The summed E-state index contributed by atoms with van der Waals surface area (Å²) in [6.45, 7) is 9.09. The van der Waals surface area contributed by atoms with E-state index in [0.29, 0.717) is 13.0 Å². The summed E-state index contributed by atoms with van der Waals surface area (Å²) in [5.74, 6) is 1.13. The molecule has 1 unspecified atom stereocenters. The highest BCUT2D eigenvalue weighted by Crippen LogP contribution is 2.48. The molecule has 0 fully saturated rings. The van der Waals surface area contributed by atoms with Gasteiger partial charge in [-0.3, -0.25) is 4.79 Å². The van der Waals surface area contributed by atoms with Crippen LogP contribution in [0, 0.1) is 5.41 Å². The summed E-state index contributed by atoms with van der Waals surface area (Å²) >= 11 is 0. The predicted octanol–water partition coefficient (Wildman–Crippen LogP) is 7.14. The molecule has 0 spiro atoms. The fraction of sp³-hybridized carbons (Fsp3) is 0.323. The Morgan fingerprint density at radius 1 is 0.829 bits per heavy atom. The first-order valence-electron chi connectivity index (χ1n) is 12.5. The molecule has 1 heterocycles. The molecule has 0 saturated carbocycles. The maximum Gasteiger partial charge on any atom is 0.162 e. The van der Waals surface area contributed by atoms with E-state index in [1.807, 2.05) is 26.0 Å². The SMILES string of the molecule is CC(C)Oc1ccc(C2N(c3ccccc3)CC3=C(CC(C)(C)CC3=O)N2c2ccccc2)cc1. The molecule has 0 radical (unpaired) electrons. The van der Waals surface area contributed by atoms with Crippen molar-refractivity contribution in [2.45, 2.75) is 52.8 Å². The van der Waals surface area contributed by atoms with Gasteiger partial charge in [0, 0.05) is 29.1 Å². The standard InChI is InChI=1S/C31H34N2O2/c1-22(2)35-26-17-15-23(16-18-26)30-32(24-11-7-5-8-12-24)21-27-28(19-31(3,4)20-29(27)34)33(30)25-13-9-6-10-14-25/h5-18,22,30H,19-21H2,1-4H3. The molecule has 1 aliphatic heterocycles. The second-order valence-corrected chi connectivity index (χ2v) is 10.6. The van der Waals surface area contributed by atoms with Gasteiger partial charge in [-0.2, -0.15) is 0 Å². The Labute approximate surface area is 208 Å². The minimum Gasteiger partial charge on any atom is -0.491 e. The Kier molecular flexibility index (Phi) is 6.14. The summed E-state index contributed by atoms with van der Waals surface area (Å²) in [7, 11) is 0. The number of allylic oxidation sites excluding steroid dienone is 1. The van der Waals surface area contributed by atoms with E-state index in [2.05, 4.69) is 96.4 Å². The van der Waals surface area contributed by atoms with Crippen LogP contribution in [0.3, 0.4) is 0 Å². The summed E-state index contributed by atoms with van der Waals surface area (Å²) in [6, 6.07) is 29.4. The van der Waals surface area contributed by atoms with Gasteiger partial charge in [0.25, 0.3) is 0 Å². The van der Waals surface area contributed by atoms with Crippen molar-refractivity contribution in [2.24, 2.45) is 5.41 Å². The van der Waals surface area contributed by atoms with Crippen molar-refractivity contribution < 1.29 is 9.53 Å². The van der Waals surface area contributed by atoms with E-state index in [1.54, 1.807) is 0 Å². The van der Waals surface area contributed by atoms with Crippen molar-refractivity contribution in [1.29, 1.82) is 0 Å². The number of ketones is 1. The lowest BCUT2D eigenvalue weighted by molar-refractivity contribution is -0.118. The average molecular weight is 467 g/mol. The molecule has 3 aromatic carbocycles. The number of rotatable bonds is 5. The monoisotopic (exact) mass is 466 g/mol. The minimum atomic E-state index is -0.0895. The number of Topliss-reactive ketones (excluding diaryl/α,β-unsaturated/α-hetero) is 1. The van der Waals surface area contributed by atoms with Gasteiger partial charge in [0.05, 0.1) is 12.6 Å². The first-order valence-corrected chi connectivity index (χ1v) is 12.5. The maximum atomic E-state index is 13.5. The van der Waals surface area contributed by atoms with E-state index < -0.39 is 0 Å². The number of hydrogen-bond acceptors (Lipinski definition) is 4. The van der Waals surface area contributed by atoms with Gasteiger partial charge in [-0.05, 0) is 67.6 Å². The minimum absolute atomic E-state index is 0.0720. The number of nitrogens with zero attached hydrogens (tertiary/aromatic N) is 2. The number of carbonyl (C=O) groups is 1. The van der Waals surface area contributed by atoms with Crippen LogP contribution in [0.4, 0.5) is 11.4 Å². The summed E-state index contributed by atoms with van der Waals surface area (Å²) in [5, 5.41) is 0. The molecule has 3 aromatic rings. The molecule has 0 saturated heterocycles. The molecular formula is C31H34N2O2. The fourth-order valence-electron chi connectivity index (χ4n) is 5.34. The largest absolute Gasteiger partial charge is 0.491 e. The number of benzene rings is 3. The van der Waals surface area contributed by atoms with Crippen LogP contribution in [-0.2, 0) is 4.79 Å². The molecule has 2 aliphatic rings. The number of hydrogen-bond donors (Lipinski definition) is 0. The van der Waals surface area contributed by atoms with Crippen molar-refractivity contribution in [3.8, 4) is 5.75 Å². The molecule has 35 heavy (non-hydrogen) atoms. The van der Waals surface area contributed by atoms with Gasteiger partial charge in [-0.1, -0.05) is 62.4 Å². The predicted molar refractivity (Wildman–Crippen MR) is 143 cm³/mol. The van der Waals surface area contributed by atoms with E-state index in [0.717, 1.165) is 40.4 Å². The maximum absolute atomic E-state index is 13.5. The number of carbonyl (C=O) groups excluding carboxylic acids is 1. The highest BCUT2D eigenvalue weighted by atomic mass is 16.5. The lowest BCUT2D eigenvalue weighted by Gasteiger charge is -2.51. The van der Waals surface area contributed by atoms with E-state index in [4.69, 9.17) is 4.74 Å². The quantitative estimate of drug-likeness (QED) is 0.400. The van der Waals surface area contributed by atoms with Crippen molar-refractivity contribution >= 4 is 17.2 Å². The highest BCUT2D eigenvalue weighted by molar-refractivity contribution is 6.00. The third-order valence-corrected chi connectivity index (χ3v) is 6.80. The Morgan fingerprint density at radius 3 is 2.03 bits per heavy atom. The molecule has 0 N–H and O–H groups in total. The number of para-hydroxylation sites is 2. The molecule has 0 bridgehead atoms. The molecule has 180 valence electrons. The van der Waals surface area contributed by atoms with Crippen LogP contribution in [0.15, 0.2) is 96.2 Å². The van der Waals surface area contributed by atoms with Gasteiger partial charge in [0.2, 0.25) is 0 Å². The Hall–Kier alpha value is -3.53. The van der Waals surface area contributed by atoms with Gasteiger partial charge < -0.3 is 14.5 Å². The Balaban J connectivity index is 1.70. The second-order valence-electron chi connectivity index (χ2n) is 10.6. The van der Waals surface area contributed by atoms with E-state index in [9.17, 15) is 4.79 Å². The second kappa shape index (κ2) is 9.26. The summed E-state index contributed by atoms with van der Waals surface area (Å²) in [6.07, 6.45) is 1.49. The number of anilines is 2. The van der Waals surface area contributed by atoms with Crippen LogP contribution in [0.5, 0.6) is 5.75 Å². The fourth-order valence-corrected chi connectivity index (χ4v) is 5.34. The lowest BCUT2D eigenvalue weighted by atomic mass is 9.74. The van der Waals surface area contributed by atoms with Crippen molar-refractivity contribution in [3.63, 3.8) is 0 Å². The zero-order chi connectivity index (χ0) is 24.6. The lowest BCUT2D eigenvalue weighted by Crippen LogP contribution is -2.51. The highest BCUT2D eigenvalue weighted by Gasteiger charge is 2.43. The topological polar surface area (TPSA) is 32.8 Å². The summed E-state index contributed by atoms with van der Waals surface area (Å²) in [4.78, 5) is 18.2.